The molecule has 6 atom stereocenters. The second-order valence-electron chi connectivity index (χ2n) is 10.2. The Hall–Kier alpha value is -2.28. The van der Waals surface area contributed by atoms with E-state index in [1.54, 1.807) is 29.2 Å². The SMILES string of the molecule is O=C(COC(=O)C1CCC(N2C(=O)[C@@H]3[C@H]4C=C[C@@H]([C@@H]5C[C@H]45)[C@H]3C2=O)CC1)c1ccc(Br)cc1. The summed E-state index contributed by atoms with van der Waals surface area (Å²) >= 11 is 3.33. The lowest BCUT2D eigenvalue weighted by Gasteiger charge is -2.37. The lowest BCUT2D eigenvalue weighted by molar-refractivity contribution is -0.149. The number of allylic oxidation sites excluding steroid dienone is 2. The van der Waals surface area contributed by atoms with E-state index >= 15 is 0 Å². The Labute approximate surface area is 200 Å². The first kappa shape index (κ1) is 21.3. The van der Waals surface area contributed by atoms with Crippen LogP contribution in [0.15, 0.2) is 40.9 Å². The van der Waals surface area contributed by atoms with Crippen LogP contribution in [0.2, 0.25) is 0 Å². The minimum atomic E-state index is -0.367. The van der Waals surface area contributed by atoms with Crippen LogP contribution in [0, 0.1) is 41.4 Å². The molecule has 0 radical (unpaired) electrons. The van der Waals surface area contributed by atoms with Gasteiger partial charge < -0.3 is 4.74 Å². The summed E-state index contributed by atoms with van der Waals surface area (Å²) in [5.74, 6) is 0.484. The van der Waals surface area contributed by atoms with E-state index in [1.165, 1.54) is 0 Å². The van der Waals surface area contributed by atoms with E-state index in [0.717, 1.165) is 10.9 Å². The van der Waals surface area contributed by atoms with Crippen LogP contribution in [0.5, 0.6) is 0 Å². The number of hydrogen-bond donors (Lipinski definition) is 0. The number of carbonyl (C=O) groups is 4. The lowest BCUT2D eigenvalue weighted by atomic mass is 9.63. The molecule has 4 fully saturated rings. The third-order valence-electron chi connectivity index (χ3n) is 8.60. The van der Waals surface area contributed by atoms with Crippen molar-refractivity contribution in [2.45, 2.75) is 38.1 Å². The third kappa shape index (κ3) is 3.42. The van der Waals surface area contributed by atoms with Gasteiger partial charge in [0.15, 0.2) is 12.4 Å². The van der Waals surface area contributed by atoms with Crippen molar-refractivity contribution < 1.29 is 23.9 Å². The number of rotatable bonds is 5. The molecular weight excluding hydrogens is 486 g/mol. The predicted molar refractivity (Wildman–Crippen MR) is 122 cm³/mol. The Morgan fingerprint density at radius 2 is 1.48 bits per heavy atom. The zero-order valence-corrected chi connectivity index (χ0v) is 19.8. The second-order valence-corrected chi connectivity index (χ2v) is 11.2. The molecule has 2 bridgehead atoms. The first-order valence-corrected chi connectivity index (χ1v) is 12.7. The van der Waals surface area contributed by atoms with Crippen molar-refractivity contribution in [1.82, 2.24) is 4.90 Å². The fourth-order valence-corrected chi connectivity index (χ4v) is 7.15. The van der Waals surface area contributed by atoms with Crippen LogP contribution in [0.3, 0.4) is 0 Å². The van der Waals surface area contributed by atoms with Gasteiger partial charge in [-0.3, -0.25) is 24.1 Å². The topological polar surface area (TPSA) is 80.8 Å². The molecule has 2 amide bonds. The van der Waals surface area contributed by atoms with Gasteiger partial charge in [-0.15, -0.1) is 0 Å². The standard InChI is InChI=1S/C26H26BrNO5/c27-15-5-1-13(2-6-15)21(29)12-33-26(32)14-3-7-16(8-4-14)28-24(30)22-17-9-10-18(20-11-19(17)20)23(22)25(28)31/h1-2,5-6,9-10,14,16-20,22-23H,3-4,7-8,11-12H2/t14?,16?,17-,18-,19-,20+,22+,23+/m0/s1. The lowest BCUT2D eigenvalue weighted by Crippen LogP contribution is -2.44. The molecule has 0 aromatic heterocycles. The number of benzene rings is 1. The molecule has 1 saturated heterocycles. The number of hydrogen-bond acceptors (Lipinski definition) is 5. The summed E-state index contributed by atoms with van der Waals surface area (Å²) in [7, 11) is 0. The summed E-state index contributed by atoms with van der Waals surface area (Å²) in [6.07, 6.45) is 7.92. The minimum Gasteiger partial charge on any atom is -0.457 e. The van der Waals surface area contributed by atoms with Crippen LogP contribution < -0.4 is 0 Å². The van der Waals surface area contributed by atoms with Crippen LogP contribution in [0.25, 0.3) is 0 Å². The average molecular weight is 512 g/mol. The number of amides is 2. The molecule has 3 saturated carbocycles. The van der Waals surface area contributed by atoms with E-state index in [9.17, 15) is 19.2 Å². The van der Waals surface area contributed by atoms with Crippen molar-refractivity contribution in [3.05, 3.63) is 46.5 Å². The van der Waals surface area contributed by atoms with Gasteiger partial charge in [0.25, 0.3) is 0 Å². The summed E-state index contributed by atoms with van der Waals surface area (Å²) in [5.41, 5.74) is 0.503. The molecule has 172 valence electrons. The minimum absolute atomic E-state index is 0.0146. The number of carbonyl (C=O) groups excluding carboxylic acids is 4. The van der Waals surface area contributed by atoms with Gasteiger partial charge in [0.1, 0.15) is 0 Å². The Bertz CT molecular complexity index is 1020. The molecule has 7 heteroatoms. The summed E-state index contributed by atoms with van der Waals surface area (Å²) in [5, 5.41) is 0. The van der Waals surface area contributed by atoms with Crippen molar-refractivity contribution in [1.29, 1.82) is 0 Å². The van der Waals surface area contributed by atoms with Crippen molar-refractivity contribution in [2.75, 3.05) is 6.61 Å². The highest BCUT2D eigenvalue weighted by atomic mass is 79.9. The second kappa shape index (κ2) is 7.90. The largest absolute Gasteiger partial charge is 0.457 e. The number of ketones is 1. The van der Waals surface area contributed by atoms with Gasteiger partial charge in [-0.25, -0.2) is 0 Å². The van der Waals surface area contributed by atoms with Gasteiger partial charge in [0.2, 0.25) is 11.8 Å². The zero-order valence-electron chi connectivity index (χ0n) is 18.2. The molecular formula is C26H26BrNO5. The number of esters is 1. The molecule has 6 aliphatic rings. The molecule has 1 aliphatic heterocycles. The van der Waals surface area contributed by atoms with Gasteiger partial charge in [0, 0.05) is 16.1 Å². The highest BCUT2D eigenvalue weighted by Crippen LogP contribution is 2.65. The van der Waals surface area contributed by atoms with Crippen LogP contribution >= 0.6 is 15.9 Å². The Kier molecular flexibility index (Phi) is 5.09. The first-order valence-electron chi connectivity index (χ1n) is 11.9. The number of ether oxygens (including phenoxy) is 1. The molecule has 0 N–H and O–H groups in total. The summed E-state index contributed by atoms with van der Waals surface area (Å²) in [6.45, 7) is -0.273. The van der Waals surface area contributed by atoms with E-state index < -0.39 is 0 Å². The Morgan fingerprint density at radius 1 is 0.909 bits per heavy atom. The fraction of sp³-hybridized carbons (Fsp3) is 0.538. The highest BCUT2D eigenvalue weighted by molar-refractivity contribution is 9.10. The molecule has 5 aliphatic carbocycles. The average Bonchev–Trinajstić information content (AvgIpc) is 3.61. The monoisotopic (exact) mass is 511 g/mol. The first-order chi connectivity index (χ1) is 15.9. The molecule has 1 aromatic rings. The van der Waals surface area contributed by atoms with Gasteiger partial charge in [-0.2, -0.15) is 0 Å². The molecule has 0 unspecified atom stereocenters. The fourth-order valence-electron chi connectivity index (χ4n) is 6.88. The molecule has 6 nitrogen and oxygen atoms in total. The highest BCUT2D eigenvalue weighted by Gasteiger charge is 2.67. The van der Waals surface area contributed by atoms with E-state index in [0.29, 0.717) is 43.1 Å². The number of imide groups is 1. The van der Waals surface area contributed by atoms with Crippen molar-refractivity contribution in [3.8, 4) is 0 Å². The van der Waals surface area contributed by atoms with E-state index in [2.05, 4.69) is 28.1 Å². The van der Waals surface area contributed by atoms with Crippen LogP contribution in [0.1, 0.15) is 42.5 Å². The Morgan fingerprint density at radius 3 is 2.06 bits per heavy atom. The quantitative estimate of drug-likeness (QED) is 0.260. The van der Waals surface area contributed by atoms with Crippen molar-refractivity contribution in [3.63, 3.8) is 0 Å². The molecule has 7 rings (SSSR count). The van der Waals surface area contributed by atoms with Gasteiger partial charge >= 0.3 is 5.97 Å². The number of likely N-dealkylation sites (tertiary alicyclic amines) is 1. The maximum absolute atomic E-state index is 13.3. The molecule has 1 heterocycles. The van der Waals surface area contributed by atoms with E-state index in [-0.39, 0.29) is 65.8 Å². The smallest absolute Gasteiger partial charge is 0.309 e. The normalized spacial score (nSPS) is 38.2. The third-order valence-corrected chi connectivity index (χ3v) is 9.13. The summed E-state index contributed by atoms with van der Waals surface area (Å²) in [4.78, 5) is 53.0. The maximum Gasteiger partial charge on any atom is 0.309 e. The number of halogens is 1. The predicted octanol–water partition coefficient (Wildman–Crippen LogP) is 3.79. The number of nitrogens with zero attached hydrogens (tertiary/aromatic N) is 1. The van der Waals surface area contributed by atoms with E-state index in [4.69, 9.17) is 4.74 Å². The Balaban J connectivity index is 1.04. The van der Waals surface area contributed by atoms with Gasteiger partial charge in [-0.05, 0) is 67.9 Å². The van der Waals surface area contributed by atoms with Gasteiger partial charge in [-0.1, -0.05) is 40.2 Å². The molecule has 33 heavy (non-hydrogen) atoms. The summed E-state index contributed by atoms with van der Waals surface area (Å²) < 4.78 is 6.18. The molecule has 0 spiro atoms. The number of Topliss-reactive ketones (excluding diaryl/α,β-unsaturated/α-hetero) is 1. The van der Waals surface area contributed by atoms with Gasteiger partial charge in [0.05, 0.1) is 17.8 Å². The van der Waals surface area contributed by atoms with E-state index in [1.807, 2.05) is 0 Å². The van der Waals surface area contributed by atoms with Crippen molar-refractivity contribution >= 4 is 39.5 Å². The van der Waals surface area contributed by atoms with Crippen LogP contribution in [-0.4, -0.2) is 41.1 Å². The maximum atomic E-state index is 13.3. The van der Waals surface area contributed by atoms with Crippen molar-refractivity contribution in [2.24, 2.45) is 41.4 Å². The van der Waals surface area contributed by atoms with Crippen LogP contribution in [-0.2, 0) is 19.1 Å². The van der Waals surface area contributed by atoms with Crippen LogP contribution in [0.4, 0.5) is 0 Å². The molecule has 1 aromatic carbocycles. The summed E-state index contributed by atoms with van der Waals surface area (Å²) in [6, 6.07) is 6.81. The zero-order chi connectivity index (χ0) is 22.9.